The molecule has 1 heterocycles. The number of rotatable bonds is 7. The van der Waals surface area contributed by atoms with E-state index in [1.807, 2.05) is 14.1 Å². The number of aliphatic hydroxyl groups excluding tert-OH is 1. The summed E-state index contributed by atoms with van der Waals surface area (Å²) in [5, 5.41) is 13.3. The summed E-state index contributed by atoms with van der Waals surface area (Å²) in [4.78, 5) is 4.44. The number of benzene rings is 1. The number of hydrogen-bond donors (Lipinski definition) is 2. The molecule has 2 N–H and O–H groups in total. The molecule has 0 amide bonds. The largest absolute Gasteiger partial charge is 0.390 e. The number of nitrogens with one attached hydrogen (secondary N) is 1. The molecule has 112 valence electrons. The van der Waals surface area contributed by atoms with Gasteiger partial charge in [0.15, 0.2) is 0 Å². The lowest BCUT2D eigenvalue weighted by Crippen LogP contribution is -2.36. The molecule has 0 radical (unpaired) electrons. The van der Waals surface area contributed by atoms with Gasteiger partial charge in [-0.1, -0.05) is 12.1 Å². The molecule has 1 aliphatic rings. The second-order valence-corrected chi connectivity index (χ2v) is 5.85. The molecule has 20 heavy (non-hydrogen) atoms. The van der Waals surface area contributed by atoms with E-state index < -0.39 is 0 Å². The zero-order chi connectivity index (χ0) is 14.4. The SMILES string of the molecule is CN(C)c1ccc(CNCC(O)CN2CCCC2)cc1. The lowest BCUT2D eigenvalue weighted by atomic mass is 10.2. The normalized spacial score (nSPS) is 17.4. The van der Waals surface area contributed by atoms with E-state index in [1.165, 1.54) is 24.1 Å². The molecule has 1 unspecified atom stereocenters. The van der Waals surface area contributed by atoms with Crippen molar-refractivity contribution < 1.29 is 5.11 Å². The summed E-state index contributed by atoms with van der Waals surface area (Å²) in [5.41, 5.74) is 2.46. The van der Waals surface area contributed by atoms with Gasteiger partial charge in [0, 0.05) is 39.4 Å². The third kappa shape index (κ3) is 4.78. The van der Waals surface area contributed by atoms with Crippen molar-refractivity contribution in [3.8, 4) is 0 Å². The summed E-state index contributed by atoms with van der Waals surface area (Å²) >= 11 is 0. The van der Waals surface area contributed by atoms with Crippen LogP contribution in [0.25, 0.3) is 0 Å². The van der Waals surface area contributed by atoms with Gasteiger partial charge in [-0.05, 0) is 43.6 Å². The highest BCUT2D eigenvalue weighted by molar-refractivity contribution is 5.45. The highest BCUT2D eigenvalue weighted by atomic mass is 16.3. The van der Waals surface area contributed by atoms with Crippen LogP contribution in [-0.2, 0) is 6.54 Å². The average molecular weight is 277 g/mol. The van der Waals surface area contributed by atoms with Gasteiger partial charge in [0.25, 0.3) is 0 Å². The summed E-state index contributed by atoms with van der Waals surface area (Å²) in [6.07, 6.45) is 2.28. The van der Waals surface area contributed by atoms with E-state index in [2.05, 4.69) is 39.4 Å². The first-order valence-electron chi connectivity index (χ1n) is 7.52. The Hall–Kier alpha value is -1.10. The van der Waals surface area contributed by atoms with E-state index in [4.69, 9.17) is 0 Å². The van der Waals surface area contributed by atoms with Crippen LogP contribution in [0.15, 0.2) is 24.3 Å². The molecule has 0 aliphatic carbocycles. The second-order valence-electron chi connectivity index (χ2n) is 5.85. The van der Waals surface area contributed by atoms with Crippen molar-refractivity contribution in [1.82, 2.24) is 10.2 Å². The van der Waals surface area contributed by atoms with Gasteiger partial charge in [-0.3, -0.25) is 0 Å². The third-order valence-electron chi connectivity index (χ3n) is 3.83. The van der Waals surface area contributed by atoms with Crippen molar-refractivity contribution in [1.29, 1.82) is 0 Å². The second kappa shape index (κ2) is 7.62. The zero-order valence-electron chi connectivity index (χ0n) is 12.7. The van der Waals surface area contributed by atoms with E-state index in [1.54, 1.807) is 0 Å². The third-order valence-corrected chi connectivity index (χ3v) is 3.83. The van der Waals surface area contributed by atoms with E-state index >= 15 is 0 Å². The molecule has 1 atom stereocenters. The fourth-order valence-electron chi connectivity index (χ4n) is 2.62. The van der Waals surface area contributed by atoms with Gasteiger partial charge in [-0.25, -0.2) is 0 Å². The molecule has 1 saturated heterocycles. The molecular weight excluding hydrogens is 250 g/mol. The molecule has 0 bridgehead atoms. The Morgan fingerprint density at radius 3 is 2.45 bits per heavy atom. The van der Waals surface area contributed by atoms with E-state index in [0.717, 1.165) is 26.2 Å². The van der Waals surface area contributed by atoms with Crippen LogP contribution in [-0.4, -0.2) is 56.4 Å². The highest BCUT2D eigenvalue weighted by Gasteiger charge is 2.15. The minimum atomic E-state index is -0.269. The number of aliphatic hydroxyl groups is 1. The van der Waals surface area contributed by atoms with Gasteiger partial charge in [-0.15, -0.1) is 0 Å². The summed E-state index contributed by atoms with van der Waals surface area (Å²) in [5.74, 6) is 0. The summed E-state index contributed by atoms with van der Waals surface area (Å²) in [6, 6.07) is 8.51. The van der Waals surface area contributed by atoms with Crippen LogP contribution in [0.4, 0.5) is 5.69 Å². The Balaban J connectivity index is 1.66. The van der Waals surface area contributed by atoms with Gasteiger partial charge in [0.05, 0.1) is 6.10 Å². The molecule has 1 fully saturated rings. The van der Waals surface area contributed by atoms with Crippen LogP contribution in [0, 0.1) is 0 Å². The fourth-order valence-corrected chi connectivity index (χ4v) is 2.62. The minimum Gasteiger partial charge on any atom is -0.390 e. The fraction of sp³-hybridized carbons (Fsp3) is 0.625. The molecular formula is C16H27N3O. The Bertz CT molecular complexity index is 385. The maximum Gasteiger partial charge on any atom is 0.0791 e. The van der Waals surface area contributed by atoms with Gasteiger partial charge < -0.3 is 20.2 Å². The molecule has 0 spiro atoms. The number of hydrogen-bond acceptors (Lipinski definition) is 4. The predicted octanol–water partition coefficient (Wildman–Crippen LogP) is 1.30. The number of likely N-dealkylation sites (tertiary alicyclic amines) is 1. The van der Waals surface area contributed by atoms with Crippen LogP contribution in [0.2, 0.25) is 0 Å². The van der Waals surface area contributed by atoms with E-state index in [-0.39, 0.29) is 6.10 Å². The van der Waals surface area contributed by atoms with Crippen LogP contribution in [0.3, 0.4) is 0 Å². The van der Waals surface area contributed by atoms with Crippen LogP contribution < -0.4 is 10.2 Å². The van der Waals surface area contributed by atoms with E-state index in [9.17, 15) is 5.11 Å². The highest BCUT2D eigenvalue weighted by Crippen LogP contribution is 2.12. The first-order chi connectivity index (χ1) is 9.65. The van der Waals surface area contributed by atoms with Crippen LogP contribution in [0.1, 0.15) is 18.4 Å². The zero-order valence-corrected chi connectivity index (χ0v) is 12.7. The molecule has 1 aliphatic heterocycles. The van der Waals surface area contributed by atoms with Crippen molar-refractivity contribution in [2.75, 3.05) is 45.2 Å². The number of anilines is 1. The average Bonchev–Trinajstić information content (AvgIpc) is 2.92. The molecule has 0 aromatic heterocycles. The number of nitrogens with zero attached hydrogens (tertiary/aromatic N) is 2. The summed E-state index contributed by atoms with van der Waals surface area (Å²) in [7, 11) is 4.09. The van der Waals surface area contributed by atoms with Crippen LogP contribution >= 0.6 is 0 Å². The van der Waals surface area contributed by atoms with Gasteiger partial charge in [0.2, 0.25) is 0 Å². The predicted molar refractivity (Wildman–Crippen MR) is 84.2 cm³/mol. The van der Waals surface area contributed by atoms with Crippen molar-refractivity contribution >= 4 is 5.69 Å². The van der Waals surface area contributed by atoms with Crippen molar-refractivity contribution in [2.24, 2.45) is 0 Å². The Kier molecular flexibility index (Phi) is 5.83. The molecule has 4 heteroatoms. The lowest BCUT2D eigenvalue weighted by Gasteiger charge is -2.19. The summed E-state index contributed by atoms with van der Waals surface area (Å²) in [6.45, 7) is 4.55. The van der Waals surface area contributed by atoms with Crippen molar-refractivity contribution in [3.05, 3.63) is 29.8 Å². The van der Waals surface area contributed by atoms with Crippen molar-refractivity contribution in [2.45, 2.75) is 25.5 Å². The Morgan fingerprint density at radius 2 is 1.85 bits per heavy atom. The maximum absolute atomic E-state index is 9.99. The van der Waals surface area contributed by atoms with Crippen LogP contribution in [0.5, 0.6) is 0 Å². The first kappa shape index (κ1) is 15.3. The minimum absolute atomic E-state index is 0.269. The molecule has 1 aromatic rings. The number of β-amino-alcohol motifs (C(OH)–C–C–N with tert-alkyl or cyclic N) is 1. The maximum atomic E-state index is 9.99. The molecule has 1 aromatic carbocycles. The van der Waals surface area contributed by atoms with Gasteiger partial charge in [0.1, 0.15) is 0 Å². The van der Waals surface area contributed by atoms with Crippen molar-refractivity contribution in [3.63, 3.8) is 0 Å². The van der Waals surface area contributed by atoms with Gasteiger partial charge >= 0.3 is 0 Å². The molecule has 2 rings (SSSR count). The summed E-state index contributed by atoms with van der Waals surface area (Å²) < 4.78 is 0. The molecule has 4 nitrogen and oxygen atoms in total. The quantitative estimate of drug-likeness (QED) is 0.788. The molecule has 0 saturated carbocycles. The topological polar surface area (TPSA) is 38.7 Å². The monoisotopic (exact) mass is 277 g/mol. The smallest absolute Gasteiger partial charge is 0.0791 e. The van der Waals surface area contributed by atoms with Gasteiger partial charge in [-0.2, -0.15) is 0 Å². The lowest BCUT2D eigenvalue weighted by molar-refractivity contribution is 0.123. The first-order valence-corrected chi connectivity index (χ1v) is 7.52. The van der Waals surface area contributed by atoms with E-state index in [0.29, 0.717) is 6.54 Å². The standard InChI is InChI=1S/C16H27N3O/c1-18(2)15-7-5-14(6-8-15)11-17-12-16(20)13-19-9-3-4-10-19/h5-8,16-17,20H,3-4,9-13H2,1-2H3. The Morgan fingerprint density at radius 1 is 1.20 bits per heavy atom. The Labute approximate surface area is 122 Å².